The first-order chi connectivity index (χ1) is 6.07. The van der Waals surface area contributed by atoms with Gasteiger partial charge in [0.15, 0.2) is 0 Å². The van der Waals surface area contributed by atoms with E-state index in [1.165, 1.54) is 0 Å². The van der Waals surface area contributed by atoms with Gasteiger partial charge in [-0.1, -0.05) is 6.58 Å². The first-order valence-electron chi connectivity index (χ1n) is 4.86. The zero-order valence-electron chi connectivity index (χ0n) is 9.43. The monoisotopic (exact) mass is 185 g/mol. The van der Waals surface area contributed by atoms with Crippen molar-refractivity contribution in [2.75, 3.05) is 40.8 Å². The van der Waals surface area contributed by atoms with E-state index in [0.29, 0.717) is 0 Å². The molecular formula is C10H23N3. The summed E-state index contributed by atoms with van der Waals surface area (Å²) in [5, 5.41) is 3.29. The topological polar surface area (TPSA) is 18.5 Å². The Balaban J connectivity index is 3.37. The predicted octanol–water partition coefficient (Wildman–Crippen LogP) is 0.951. The van der Waals surface area contributed by atoms with Crippen LogP contribution in [0.15, 0.2) is 12.4 Å². The van der Waals surface area contributed by atoms with E-state index in [1.54, 1.807) is 0 Å². The summed E-state index contributed by atoms with van der Waals surface area (Å²) in [5.74, 6) is 1.02. The third-order valence-electron chi connectivity index (χ3n) is 2.05. The molecule has 0 fully saturated rings. The van der Waals surface area contributed by atoms with Crippen molar-refractivity contribution in [1.82, 2.24) is 15.1 Å². The Kier molecular flexibility index (Phi) is 6.41. The molecule has 0 atom stereocenters. The van der Waals surface area contributed by atoms with Crippen LogP contribution in [0.2, 0.25) is 0 Å². The fourth-order valence-corrected chi connectivity index (χ4v) is 0.954. The number of rotatable bonds is 7. The van der Waals surface area contributed by atoms with Gasteiger partial charge in [-0.05, 0) is 34.0 Å². The molecule has 0 radical (unpaired) electrons. The van der Waals surface area contributed by atoms with Crippen LogP contribution in [-0.2, 0) is 0 Å². The minimum absolute atomic E-state index is 1.000. The predicted molar refractivity (Wildman–Crippen MR) is 58.6 cm³/mol. The highest BCUT2D eigenvalue weighted by Gasteiger charge is 1.97. The van der Waals surface area contributed by atoms with Gasteiger partial charge in [0.2, 0.25) is 0 Å². The van der Waals surface area contributed by atoms with Crippen LogP contribution in [0.5, 0.6) is 0 Å². The molecule has 0 aliphatic rings. The molecule has 1 N–H and O–H groups in total. The Bertz CT molecular complexity index is 143. The Morgan fingerprint density at radius 3 is 2.38 bits per heavy atom. The van der Waals surface area contributed by atoms with Gasteiger partial charge in [0.05, 0.1) is 5.82 Å². The van der Waals surface area contributed by atoms with Crippen LogP contribution in [0.3, 0.4) is 0 Å². The van der Waals surface area contributed by atoms with Crippen LogP contribution in [0.25, 0.3) is 0 Å². The first-order valence-corrected chi connectivity index (χ1v) is 4.86. The quantitative estimate of drug-likeness (QED) is 0.596. The maximum absolute atomic E-state index is 3.94. The molecule has 0 aliphatic heterocycles. The van der Waals surface area contributed by atoms with Crippen molar-refractivity contribution in [1.29, 1.82) is 0 Å². The first kappa shape index (κ1) is 12.3. The average molecular weight is 185 g/mol. The van der Waals surface area contributed by atoms with Crippen molar-refractivity contribution in [2.24, 2.45) is 0 Å². The van der Waals surface area contributed by atoms with Crippen LogP contribution >= 0.6 is 0 Å². The van der Waals surface area contributed by atoms with Crippen LogP contribution in [0, 0.1) is 0 Å². The Hall–Kier alpha value is -0.700. The minimum atomic E-state index is 1.000. The van der Waals surface area contributed by atoms with E-state index < -0.39 is 0 Å². The fourth-order valence-electron chi connectivity index (χ4n) is 0.954. The van der Waals surface area contributed by atoms with Crippen LogP contribution < -0.4 is 5.32 Å². The highest BCUT2D eigenvalue weighted by Crippen LogP contribution is 1.92. The molecule has 0 aromatic carbocycles. The summed E-state index contributed by atoms with van der Waals surface area (Å²) in [6, 6.07) is 0. The molecule has 0 bridgehead atoms. The van der Waals surface area contributed by atoms with E-state index in [4.69, 9.17) is 0 Å². The highest BCUT2D eigenvalue weighted by molar-refractivity contribution is 4.88. The van der Waals surface area contributed by atoms with Crippen molar-refractivity contribution >= 4 is 0 Å². The van der Waals surface area contributed by atoms with E-state index in [-0.39, 0.29) is 0 Å². The Morgan fingerprint density at radius 2 is 1.92 bits per heavy atom. The lowest BCUT2D eigenvalue weighted by Crippen LogP contribution is -2.29. The molecule has 0 unspecified atom stereocenters. The smallest absolute Gasteiger partial charge is 0.0936 e. The van der Waals surface area contributed by atoms with Gasteiger partial charge in [0.25, 0.3) is 0 Å². The van der Waals surface area contributed by atoms with Gasteiger partial charge in [0.1, 0.15) is 0 Å². The van der Waals surface area contributed by atoms with Crippen molar-refractivity contribution < 1.29 is 0 Å². The Morgan fingerprint density at radius 1 is 1.31 bits per heavy atom. The number of hydrogen-bond acceptors (Lipinski definition) is 3. The van der Waals surface area contributed by atoms with Gasteiger partial charge in [-0.25, -0.2) is 0 Å². The molecule has 13 heavy (non-hydrogen) atoms. The normalized spacial score (nSPS) is 10.2. The van der Waals surface area contributed by atoms with E-state index >= 15 is 0 Å². The molecule has 0 saturated carbocycles. The molecule has 0 spiro atoms. The molecule has 0 aromatic rings. The van der Waals surface area contributed by atoms with Gasteiger partial charge in [-0.3, -0.25) is 0 Å². The molecule has 0 saturated heterocycles. The summed E-state index contributed by atoms with van der Waals surface area (Å²) in [6.07, 6.45) is 1.16. The minimum Gasteiger partial charge on any atom is -0.372 e. The second kappa shape index (κ2) is 6.78. The second-order valence-corrected chi connectivity index (χ2v) is 3.54. The van der Waals surface area contributed by atoms with Crippen molar-refractivity contribution in [3.05, 3.63) is 12.4 Å². The molecule has 0 aliphatic carbocycles. The third-order valence-corrected chi connectivity index (χ3v) is 2.05. The average Bonchev–Trinajstić information content (AvgIpc) is 2.10. The lowest BCUT2D eigenvalue weighted by Gasteiger charge is -2.21. The zero-order valence-corrected chi connectivity index (χ0v) is 9.43. The molecule has 3 nitrogen and oxygen atoms in total. The van der Waals surface area contributed by atoms with Crippen molar-refractivity contribution in [3.8, 4) is 0 Å². The molecule has 0 rings (SSSR count). The highest BCUT2D eigenvalue weighted by atomic mass is 15.2. The zero-order chi connectivity index (χ0) is 10.3. The second-order valence-electron chi connectivity index (χ2n) is 3.54. The molecule has 3 heteroatoms. The van der Waals surface area contributed by atoms with Gasteiger partial charge >= 0.3 is 0 Å². The standard InChI is InChI=1S/C10H23N3/c1-6-13(5)10(2)11-8-7-9-12(3)4/h11H,2,6-9H2,1,3-5H3. The van der Waals surface area contributed by atoms with Crippen LogP contribution in [0.1, 0.15) is 13.3 Å². The number of nitrogens with one attached hydrogen (secondary N) is 1. The summed E-state index contributed by atoms with van der Waals surface area (Å²) < 4.78 is 0. The SMILES string of the molecule is C=C(NCCCN(C)C)N(C)CC. The van der Waals surface area contributed by atoms with E-state index in [2.05, 4.69) is 42.7 Å². The van der Waals surface area contributed by atoms with E-state index in [9.17, 15) is 0 Å². The molecular weight excluding hydrogens is 162 g/mol. The summed E-state index contributed by atoms with van der Waals surface area (Å²) >= 11 is 0. The lowest BCUT2D eigenvalue weighted by molar-refractivity contribution is 0.376. The van der Waals surface area contributed by atoms with Crippen molar-refractivity contribution in [2.45, 2.75) is 13.3 Å². The maximum atomic E-state index is 3.94. The van der Waals surface area contributed by atoms with E-state index in [0.717, 1.165) is 31.9 Å². The van der Waals surface area contributed by atoms with Gasteiger partial charge < -0.3 is 15.1 Å². The van der Waals surface area contributed by atoms with Gasteiger partial charge in [-0.15, -0.1) is 0 Å². The summed E-state index contributed by atoms with van der Waals surface area (Å²) in [5.41, 5.74) is 0. The van der Waals surface area contributed by atoms with Gasteiger partial charge in [-0.2, -0.15) is 0 Å². The number of nitrogens with zero attached hydrogens (tertiary/aromatic N) is 2. The summed E-state index contributed by atoms with van der Waals surface area (Å²) in [4.78, 5) is 4.30. The van der Waals surface area contributed by atoms with Gasteiger partial charge in [0, 0.05) is 20.1 Å². The van der Waals surface area contributed by atoms with E-state index in [1.807, 2.05) is 7.05 Å². The van der Waals surface area contributed by atoms with Crippen LogP contribution in [0.4, 0.5) is 0 Å². The summed E-state index contributed by atoms with van der Waals surface area (Å²) in [6.45, 7) is 9.18. The molecule has 78 valence electrons. The van der Waals surface area contributed by atoms with Crippen molar-refractivity contribution in [3.63, 3.8) is 0 Å². The number of hydrogen-bond donors (Lipinski definition) is 1. The molecule has 0 amide bonds. The lowest BCUT2D eigenvalue weighted by atomic mass is 10.4. The molecule has 0 aromatic heterocycles. The third kappa shape index (κ3) is 6.46. The Labute approximate surface area is 82.4 Å². The summed E-state index contributed by atoms with van der Waals surface area (Å²) in [7, 11) is 6.22. The largest absolute Gasteiger partial charge is 0.372 e. The maximum Gasteiger partial charge on any atom is 0.0936 e. The molecule has 0 heterocycles. The fraction of sp³-hybridized carbons (Fsp3) is 0.800. The van der Waals surface area contributed by atoms with Crippen LogP contribution in [-0.4, -0.2) is 50.6 Å².